The molecule has 0 aromatic heterocycles. The second-order valence-electron chi connectivity index (χ2n) is 12.3. The van der Waals surface area contributed by atoms with Crippen molar-refractivity contribution in [3.05, 3.63) is 65.2 Å². The number of amides is 3. The van der Waals surface area contributed by atoms with E-state index in [1.807, 2.05) is 41.3 Å². The molecule has 1 saturated heterocycles. The highest BCUT2D eigenvalue weighted by Crippen LogP contribution is 2.24. The van der Waals surface area contributed by atoms with Crippen molar-refractivity contribution in [3.63, 3.8) is 0 Å². The molecular weight excluding hydrogens is 573 g/mol. The lowest BCUT2D eigenvalue weighted by atomic mass is 9.87. The predicted octanol–water partition coefficient (Wildman–Crippen LogP) is 6.56. The third-order valence-electron chi connectivity index (χ3n) is 7.71. The van der Waals surface area contributed by atoms with Gasteiger partial charge in [-0.3, -0.25) is 4.79 Å². The lowest BCUT2D eigenvalue weighted by Gasteiger charge is -2.37. The van der Waals surface area contributed by atoms with Gasteiger partial charge in [0.2, 0.25) is 0 Å². The van der Waals surface area contributed by atoms with Gasteiger partial charge in [-0.25, -0.2) is 9.59 Å². The van der Waals surface area contributed by atoms with E-state index in [0.717, 1.165) is 57.5 Å². The van der Waals surface area contributed by atoms with Gasteiger partial charge in [0.05, 0.1) is 0 Å². The topological polar surface area (TPSA) is 102 Å². The summed E-state index contributed by atoms with van der Waals surface area (Å²) in [4.78, 5) is 38.2. The minimum atomic E-state index is -5.08. The van der Waals surface area contributed by atoms with E-state index in [1.54, 1.807) is 7.05 Å². The van der Waals surface area contributed by atoms with Crippen LogP contribution in [0.25, 0.3) is 0 Å². The number of aliphatic carboxylic acids is 1. The quantitative estimate of drug-likeness (QED) is 0.295. The van der Waals surface area contributed by atoms with Crippen molar-refractivity contribution in [3.8, 4) is 0 Å². The van der Waals surface area contributed by atoms with Gasteiger partial charge in [-0.2, -0.15) is 13.2 Å². The van der Waals surface area contributed by atoms with Crippen molar-refractivity contribution in [1.29, 1.82) is 0 Å². The molecule has 1 aliphatic rings. The molecule has 0 aliphatic carbocycles. The number of nitrogens with zero attached hydrogens (tertiary/aromatic N) is 2. The number of likely N-dealkylation sites (tertiary alicyclic amines) is 1. The molecule has 0 radical (unpaired) electrons. The highest BCUT2D eigenvalue weighted by Gasteiger charge is 2.38. The smallest absolute Gasteiger partial charge is 0.475 e. The molecule has 3 rings (SSSR count). The summed E-state index contributed by atoms with van der Waals surface area (Å²) in [5.74, 6) is -2.22. The molecule has 1 unspecified atom stereocenters. The fourth-order valence-electron chi connectivity index (χ4n) is 5.16. The molecule has 1 heterocycles. The lowest BCUT2D eigenvalue weighted by molar-refractivity contribution is -0.192. The van der Waals surface area contributed by atoms with Crippen LogP contribution in [-0.2, 0) is 16.6 Å². The maximum atomic E-state index is 12.9. The predicted molar refractivity (Wildman–Crippen MR) is 167 cm³/mol. The Morgan fingerprint density at radius 1 is 1.05 bits per heavy atom. The summed E-state index contributed by atoms with van der Waals surface area (Å²) in [7, 11) is 1.70. The summed E-state index contributed by atoms with van der Waals surface area (Å²) >= 11 is 0. The third-order valence-corrected chi connectivity index (χ3v) is 7.71. The van der Waals surface area contributed by atoms with Crippen molar-refractivity contribution < 1.29 is 32.7 Å². The van der Waals surface area contributed by atoms with Crippen molar-refractivity contribution in [1.82, 2.24) is 15.1 Å². The number of nitrogens with one attached hydrogen (secondary N) is 2. The maximum Gasteiger partial charge on any atom is 0.490 e. The van der Waals surface area contributed by atoms with E-state index in [-0.39, 0.29) is 17.4 Å². The molecule has 3 N–H and O–H groups in total. The van der Waals surface area contributed by atoms with Crippen LogP contribution in [0.2, 0.25) is 0 Å². The SMILES string of the molecule is CCCN(CC1CCN(C(=O)NC)CC1)C(C)Cc1cccc(NC(=O)c2ccc(C(C)(C)C)cc2)c1.O=C(O)C(F)(F)F. The number of benzene rings is 2. The van der Waals surface area contributed by atoms with Crippen LogP contribution in [0.15, 0.2) is 48.5 Å². The zero-order valence-corrected chi connectivity index (χ0v) is 26.6. The molecule has 11 heteroatoms. The molecule has 44 heavy (non-hydrogen) atoms. The highest BCUT2D eigenvalue weighted by molar-refractivity contribution is 6.04. The first-order chi connectivity index (χ1) is 20.5. The minimum Gasteiger partial charge on any atom is -0.475 e. The number of anilines is 1. The Kier molecular flexibility index (Phi) is 13.7. The number of piperidine rings is 1. The van der Waals surface area contributed by atoms with Crippen LogP contribution in [0.5, 0.6) is 0 Å². The summed E-state index contributed by atoms with van der Waals surface area (Å²) in [6, 6.07) is 16.6. The number of rotatable bonds is 9. The van der Waals surface area contributed by atoms with Gasteiger partial charge in [0.25, 0.3) is 5.91 Å². The van der Waals surface area contributed by atoms with Crippen LogP contribution >= 0.6 is 0 Å². The Bertz CT molecular complexity index is 1220. The molecule has 3 amide bonds. The van der Waals surface area contributed by atoms with E-state index >= 15 is 0 Å². The number of urea groups is 1. The number of carbonyl (C=O) groups is 3. The van der Waals surface area contributed by atoms with Crippen LogP contribution in [0.3, 0.4) is 0 Å². The maximum absolute atomic E-state index is 12.9. The van der Waals surface area contributed by atoms with E-state index in [9.17, 15) is 22.8 Å². The number of hydrogen-bond acceptors (Lipinski definition) is 4. The van der Waals surface area contributed by atoms with Crippen LogP contribution in [0.1, 0.15) is 75.4 Å². The van der Waals surface area contributed by atoms with Gasteiger partial charge >= 0.3 is 18.2 Å². The number of carbonyl (C=O) groups excluding carboxylic acids is 2. The van der Waals surface area contributed by atoms with Gasteiger partial charge in [0, 0.05) is 44.0 Å². The standard InChI is InChI=1S/C31H46N4O2.C2HF3O2/c1-7-17-35(22-24-15-18-34(19-16-24)30(37)32-6)23(2)20-25-9-8-10-28(21-25)33-29(36)26-11-13-27(14-12-26)31(3,4)5;3-2(4,5)1(6)7/h8-14,21,23-24H,7,15-20,22H2,1-6H3,(H,32,37)(H,33,36);(H,6,7). The number of alkyl halides is 3. The van der Waals surface area contributed by atoms with E-state index in [1.165, 1.54) is 11.1 Å². The molecule has 1 atom stereocenters. The fourth-order valence-corrected chi connectivity index (χ4v) is 5.16. The van der Waals surface area contributed by atoms with Crippen molar-refractivity contribution >= 4 is 23.6 Å². The van der Waals surface area contributed by atoms with Gasteiger partial charge in [-0.05, 0) is 85.9 Å². The van der Waals surface area contributed by atoms with Crippen LogP contribution in [0, 0.1) is 5.92 Å². The second-order valence-corrected chi connectivity index (χ2v) is 12.3. The van der Waals surface area contributed by atoms with E-state index < -0.39 is 12.1 Å². The summed E-state index contributed by atoms with van der Waals surface area (Å²) in [6.45, 7) is 14.9. The first-order valence-corrected chi connectivity index (χ1v) is 15.1. The first kappa shape index (κ1) is 36.6. The molecule has 244 valence electrons. The molecule has 0 saturated carbocycles. The molecule has 1 aliphatic heterocycles. The Morgan fingerprint density at radius 2 is 1.64 bits per heavy atom. The van der Waals surface area contributed by atoms with E-state index in [0.29, 0.717) is 17.5 Å². The minimum absolute atomic E-state index is 0.0335. The lowest BCUT2D eigenvalue weighted by Crippen LogP contribution is -2.46. The Labute approximate surface area is 259 Å². The van der Waals surface area contributed by atoms with Crippen molar-refractivity contribution in [2.75, 3.05) is 38.5 Å². The van der Waals surface area contributed by atoms with Crippen molar-refractivity contribution in [2.24, 2.45) is 5.92 Å². The largest absolute Gasteiger partial charge is 0.490 e. The Morgan fingerprint density at radius 3 is 2.14 bits per heavy atom. The van der Waals surface area contributed by atoms with Gasteiger partial charge < -0.3 is 25.5 Å². The molecule has 2 aromatic rings. The second kappa shape index (κ2) is 16.5. The fraction of sp³-hybridized carbons (Fsp3) is 0.545. The zero-order chi connectivity index (χ0) is 33.1. The number of carboxylic acid groups (broad SMARTS) is 1. The highest BCUT2D eigenvalue weighted by atomic mass is 19.4. The zero-order valence-electron chi connectivity index (χ0n) is 26.6. The van der Waals surface area contributed by atoms with Gasteiger partial charge in [0.15, 0.2) is 0 Å². The van der Waals surface area contributed by atoms with Crippen LogP contribution in [0.4, 0.5) is 23.7 Å². The molecule has 0 spiro atoms. The Hall–Kier alpha value is -3.60. The molecular formula is C33H47F3N4O4. The summed E-state index contributed by atoms with van der Waals surface area (Å²) in [6.07, 6.45) is -0.927. The number of halogens is 3. The van der Waals surface area contributed by atoms with Gasteiger partial charge in [-0.15, -0.1) is 0 Å². The average molecular weight is 621 g/mol. The molecule has 2 aromatic carbocycles. The summed E-state index contributed by atoms with van der Waals surface area (Å²) in [5.41, 5.74) is 4.01. The Balaban J connectivity index is 0.000000860. The average Bonchev–Trinajstić information content (AvgIpc) is 2.96. The number of carboxylic acids is 1. The molecule has 0 bridgehead atoms. The summed E-state index contributed by atoms with van der Waals surface area (Å²) < 4.78 is 31.7. The normalized spacial score (nSPS) is 14.8. The summed E-state index contributed by atoms with van der Waals surface area (Å²) in [5, 5.41) is 12.9. The van der Waals surface area contributed by atoms with E-state index in [4.69, 9.17) is 9.90 Å². The molecule has 8 nitrogen and oxygen atoms in total. The third kappa shape index (κ3) is 11.8. The number of hydrogen-bond donors (Lipinski definition) is 3. The van der Waals surface area contributed by atoms with Crippen molar-refractivity contribution in [2.45, 2.75) is 77.9 Å². The monoisotopic (exact) mass is 620 g/mol. The van der Waals surface area contributed by atoms with Gasteiger partial charge in [0.1, 0.15) is 0 Å². The van der Waals surface area contributed by atoms with Crippen LogP contribution in [-0.4, -0.2) is 78.3 Å². The van der Waals surface area contributed by atoms with E-state index in [2.05, 4.69) is 62.3 Å². The molecule has 1 fully saturated rings. The first-order valence-electron chi connectivity index (χ1n) is 15.1. The van der Waals surface area contributed by atoms with Crippen LogP contribution < -0.4 is 10.6 Å². The van der Waals surface area contributed by atoms with Gasteiger partial charge in [-0.1, -0.05) is 52.0 Å².